The molecule has 1 aliphatic rings. The first-order valence-electron chi connectivity index (χ1n) is 8.55. The molecule has 0 amide bonds. The summed E-state index contributed by atoms with van der Waals surface area (Å²) in [5, 5.41) is 2.46. The van der Waals surface area contributed by atoms with Crippen LogP contribution >= 0.6 is 0 Å². The van der Waals surface area contributed by atoms with E-state index in [4.69, 9.17) is 4.98 Å². The van der Waals surface area contributed by atoms with E-state index in [0.717, 1.165) is 24.0 Å². The molecule has 0 unspecified atom stereocenters. The van der Waals surface area contributed by atoms with Crippen molar-refractivity contribution in [2.45, 2.75) is 12.8 Å². The van der Waals surface area contributed by atoms with Gasteiger partial charge in [0, 0.05) is 23.0 Å². The molecular formula is C22H18N2. The second kappa shape index (κ2) is 5.34. The molecule has 1 aliphatic heterocycles. The van der Waals surface area contributed by atoms with Gasteiger partial charge >= 0.3 is 0 Å². The maximum atomic E-state index is 4.86. The quantitative estimate of drug-likeness (QED) is 0.433. The van der Waals surface area contributed by atoms with Crippen molar-refractivity contribution in [1.29, 1.82) is 0 Å². The number of rotatable bonds is 1. The minimum Gasteiger partial charge on any atom is -0.340 e. The van der Waals surface area contributed by atoms with Crippen molar-refractivity contribution in [3.8, 4) is 0 Å². The van der Waals surface area contributed by atoms with Gasteiger partial charge in [-0.25, -0.2) is 4.98 Å². The van der Waals surface area contributed by atoms with Crippen molar-refractivity contribution < 1.29 is 0 Å². The van der Waals surface area contributed by atoms with Gasteiger partial charge in [0.05, 0.1) is 16.7 Å². The fraction of sp³-hybridized carbons (Fsp3) is 0.136. The zero-order chi connectivity index (χ0) is 15.9. The minimum absolute atomic E-state index is 1.05. The number of para-hydroxylation sites is 3. The summed E-state index contributed by atoms with van der Waals surface area (Å²) < 4.78 is 0. The van der Waals surface area contributed by atoms with E-state index in [1.54, 1.807) is 0 Å². The molecule has 0 atom stereocenters. The highest BCUT2D eigenvalue weighted by atomic mass is 15.1. The topological polar surface area (TPSA) is 16.1 Å². The highest BCUT2D eigenvalue weighted by molar-refractivity contribution is 6.09. The highest BCUT2D eigenvalue weighted by Gasteiger charge is 2.21. The zero-order valence-corrected chi connectivity index (χ0v) is 13.4. The van der Waals surface area contributed by atoms with Crippen LogP contribution in [0.3, 0.4) is 0 Å². The third-order valence-corrected chi connectivity index (χ3v) is 4.94. The Morgan fingerprint density at radius 1 is 0.708 bits per heavy atom. The van der Waals surface area contributed by atoms with Crippen LogP contribution in [0.2, 0.25) is 0 Å². The number of aryl methyl sites for hydroxylation is 1. The molecule has 0 N–H and O–H groups in total. The van der Waals surface area contributed by atoms with E-state index in [-0.39, 0.29) is 0 Å². The van der Waals surface area contributed by atoms with Gasteiger partial charge in [-0.1, -0.05) is 54.6 Å². The number of aromatic nitrogens is 1. The highest BCUT2D eigenvalue weighted by Crippen LogP contribution is 2.40. The number of hydrogen-bond donors (Lipinski definition) is 0. The average Bonchev–Trinajstić information content (AvgIpc) is 2.66. The molecule has 0 bridgehead atoms. The number of anilines is 2. The summed E-state index contributed by atoms with van der Waals surface area (Å²) in [4.78, 5) is 7.35. The van der Waals surface area contributed by atoms with Crippen molar-refractivity contribution in [1.82, 2.24) is 4.98 Å². The van der Waals surface area contributed by atoms with Gasteiger partial charge in [-0.3, -0.25) is 0 Å². The van der Waals surface area contributed by atoms with Crippen LogP contribution in [0.25, 0.3) is 21.8 Å². The van der Waals surface area contributed by atoms with Crippen LogP contribution in [0.5, 0.6) is 0 Å². The van der Waals surface area contributed by atoms with E-state index in [1.165, 1.54) is 34.1 Å². The molecule has 4 aromatic rings. The Balaban J connectivity index is 1.88. The first-order valence-corrected chi connectivity index (χ1v) is 8.55. The Morgan fingerprint density at radius 3 is 2.08 bits per heavy atom. The third-order valence-electron chi connectivity index (χ3n) is 4.94. The molecule has 0 spiro atoms. The van der Waals surface area contributed by atoms with Crippen molar-refractivity contribution in [3.63, 3.8) is 0 Å². The predicted octanol–water partition coefficient (Wildman–Crippen LogP) is 5.47. The Kier molecular flexibility index (Phi) is 3.02. The Bertz CT molecular complexity index is 998. The van der Waals surface area contributed by atoms with E-state index >= 15 is 0 Å². The summed E-state index contributed by atoms with van der Waals surface area (Å²) in [5.41, 5.74) is 6.20. The summed E-state index contributed by atoms with van der Waals surface area (Å²) in [6, 6.07) is 25.8. The van der Waals surface area contributed by atoms with Gasteiger partial charge in [0.15, 0.2) is 0 Å². The van der Waals surface area contributed by atoms with E-state index in [2.05, 4.69) is 77.7 Å². The number of hydrogen-bond acceptors (Lipinski definition) is 2. The van der Waals surface area contributed by atoms with E-state index in [1.807, 2.05) is 0 Å². The lowest BCUT2D eigenvalue weighted by Gasteiger charge is -2.33. The number of fused-ring (bicyclic) bond motifs is 3. The molecule has 1 aromatic heterocycles. The van der Waals surface area contributed by atoms with Crippen molar-refractivity contribution >= 4 is 33.2 Å². The monoisotopic (exact) mass is 310 g/mol. The Hall–Kier alpha value is -2.87. The van der Waals surface area contributed by atoms with E-state index in [0.29, 0.717) is 0 Å². The Labute approximate surface area is 141 Å². The molecule has 0 saturated heterocycles. The molecule has 5 rings (SSSR count). The maximum absolute atomic E-state index is 4.86. The summed E-state index contributed by atoms with van der Waals surface area (Å²) in [5.74, 6) is 0. The molecule has 2 nitrogen and oxygen atoms in total. The van der Waals surface area contributed by atoms with Gasteiger partial charge in [-0.2, -0.15) is 0 Å². The molecule has 0 radical (unpaired) electrons. The van der Waals surface area contributed by atoms with Crippen molar-refractivity contribution in [2.24, 2.45) is 0 Å². The number of nitrogens with zero attached hydrogens (tertiary/aromatic N) is 2. The molecule has 24 heavy (non-hydrogen) atoms. The fourth-order valence-electron chi connectivity index (χ4n) is 3.87. The van der Waals surface area contributed by atoms with Gasteiger partial charge < -0.3 is 4.90 Å². The lowest BCUT2D eigenvalue weighted by molar-refractivity contribution is 0.770. The molecule has 3 aromatic carbocycles. The second-order valence-corrected chi connectivity index (χ2v) is 6.38. The van der Waals surface area contributed by atoms with Crippen LogP contribution in [0.15, 0.2) is 72.8 Å². The van der Waals surface area contributed by atoms with Crippen LogP contribution in [-0.4, -0.2) is 11.5 Å². The smallest absolute Gasteiger partial charge is 0.0730 e. The number of pyridine rings is 1. The van der Waals surface area contributed by atoms with Crippen LogP contribution in [-0.2, 0) is 6.42 Å². The maximum Gasteiger partial charge on any atom is 0.0730 e. The average molecular weight is 310 g/mol. The van der Waals surface area contributed by atoms with Gasteiger partial charge in [0.25, 0.3) is 0 Å². The summed E-state index contributed by atoms with van der Waals surface area (Å²) in [7, 11) is 0. The lowest BCUT2D eigenvalue weighted by Crippen LogP contribution is -2.25. The van der Waals surface area contributed by atoms with Gasteiger partial charge in [0.1, 0.15) is 0 Å². The van der Waals surface area contributed by atoms with E-state index < -0.39 is 0 Å². The van der Waals surface area contributed by atoms with Crippen LogP contribution in [0.4, 0.5) is 11.4 Å². The summed E-state index contributed by atoms with van der Waals surface area (Å²) >= 11 is 0. The minimum atomic E-state index is 1.05. The molecule has 0 saturated carbocycles. The zero-order valence-electron chi connectivity index (χ0n) is 13.4. The predicted molar refractivity (Wildman–Crippen MR) is 101 cm³/mol. The third kappa shape index (κ3) is 2.00. The molecule has 2 heterocycles. The first-order chi connectivity index (χ1) is 11.9. The number of benzene rings is 3. The first kappa shape index (κ1) is 13.6. The molecule has 2 heteroatoms. The van der Waals surface area contributed by atoms with E-state index in [9.17, 15) is 0 Å². The molecule has 116 valence electrons. The van der Waals surface area contributed by atoms with Gasteiger partial charge in [-0.05, 0) is 36.6 Å². The summed E-state index contributed by atoms with van der Waals surface area (Å²) in [6.45, 7) is 1.05. The van der Waals surface area contributed by atoms with Crippen molar-refractivity contribution in [3.05, 3.63) is 78.4 Å². The SMILES string of the molecule is c1ccc2c(c1)CCCN2c1c2ccccc2nc2ccccc12. The van der Waals surface area contributed by atoms with Gasteiger partial charge in [-0.15, -0.1) is 0 Å². The summed E-state index contributed by atoms with van der Waals surface area (Å²) in [6.07, 6.45) is 2.34. The molecule has 0 aliphatic carbocycles. The largest absolute Gasteiger partial charge is 0.340 e. The standard InChI is InChI=1S/C22H18N2/c1-6-14-21-16(8-1)9-7-15-24(21)22-17-10-2-4-12-19(17)23-20-13-5-3-11-18(20)22/h1-6,8,10-14H,7,9,15H2. The van der Waals surface area contributed by atoms with Crippen molar-refractivity contribution in [2.75, 3.05) is 11.4 Å². The lowest BCUT2D eigenvalue weighted by atomic mass is 9.99. The Morgan fingerprint density at radius 2 is 1.33 bits per heavy atom. The van der Waals surface area contributed by atoms with Crippen LogP contribution < -0.4 is 4.90 Å². The fourth-order valence-corrected chi connectivity index (χ4v) is 3.87. The molecular weight excluding hydrogens is 292 g/mol. The molecule has 0 fully saturated rings. The van der Waals surface area contributed by atoms with Crippen LogP contribution in [0, 0.1) is 0 Å². The van der Waals surface area contributed by atoms with Crippen LogP contribution in [0.1, 0.15) is 12.0 Å². The second-order valence-electron chi connectivity index (χ2n) is 6.38. The van der Waals surface area contributed by atoms with Gasteiger partial charge in [0.2, 0.25) is 0 Å². The normalized spacial score (nSPS) is 14.1.